The summed E-state index contributed by atoms with van der Waals surface area (Å²) in [5.41, 5.74) is 0.261. The molecular weight excluding hydrogens is 318 g/mol. The van der Waals surface area contributed by atoms with Crippen molar-refractivity contribution in [2.75, 3.05) is 10.6 Å². The molecule has 0 heterocycles. The first kappa shape index (κ1) is 17.5. The van der Waals surface area contributed by atoms with E-state index in [0.29, 0.717) is 24.2 Å². The normalized spacial score (nSPS) is 18.9. The van der Waals surface area contributed by atoms with E-state index < -0.39 is 5.41 Å². The van der Waals surface area contributed by atoms with Crippen LogP contribution in [0.2, 0.25) is 0 Å². The standard InChI is InChI=1S/C19H25N3O3/c1-13(23)20-15-8-5-9-16(12-15)22-18(25)19(10-11-19)17(24)21-14-6-3-2-4-7-14/h5,8-9,12,14H,2-4,6-7,10-11H2,1H3,(H,20,23)(H,21,24)(H,22,25). The summed E-state index contributed by atoms with van der Waals surface area (Å²) < 4.78 is 0. The number of nitrogens with one attached hydrogen (secondary N) is 3. The zero-order valence-electron chi connectivity index (χ0n) is 14.6. The van der Waals surface area contributed by atoms with E-state index in [0.717, 1.165) is 25.7 Å². The summed E-state index contributed by atoms with van der Waals surface area (Å²) >= 11 is 0. The fourth-order valence-corrected chi connectivity index (χ4v) is 3.38. The van der Waals surface area contributed by atoms with Crippen LogP contribution in [0.4, 0.5) is 11.4 Å². The van der Waals surface area contributed by atoms with Gasteiger partial charge in [-0.05, 0) is 43.9 Å². The maximum Gasteiger partial charge on any atom is 0.240 e. The van der Waals surface area contributed by atoms with Crippen LogP contribution in [0, 0.1) is 5.41 Å². The lowest BCUT2D eigenvalue weighted by molar-refractivity contribution is -0.135. The van der Waals surface area contributed by atoms with Gasteiger partial charge in [-0.1, -0.05) is 25.3 Å². The lowest BCUT2D eigenvalue weighted by Crippen LogP contribution is -2.45. The van der Waals surface area contributed by atoms with E-state index in [1.165, 1.54) is 13.3 Å². The minimum Gasteiger partial charge on any atom is -0.352 e. The highest BCUT2D eigenvalue weighted by atomic mass is 16.2. The molecule has 134 valence electrons. The summed E-state index contributed by atoms with van der Waals surface area (Å²) in [5, 5.41) is 8.57. The first-order valence-corrected chi connectivity index (χ1v) is 9.00. The zero-order valence-corrected chi connectivity index (χ0v) is 14.6. The van der Waals surface area contributed by atoms with Crippen molar-refractivity contribution < 1.29 is 14.4 Å². The van der Waals surface area contributed by atoms with Crippen LogP contribution < -0.4 is 16.0 Å². The summed E-state index contributed by atoms with van der Waals surface area (Å²) in [5.74, 6) is -0.579. The van der Waals surface area contributed by atoms with Gasteiger partial charge in [-0.3, -0.25) is 14.4 Å². The van der Waals surface area contributed by atoms with Crippen LogP contribution in [0.5, 0.6) is 0 Å². The zero-order chi connectivity index (χ0) is 17.9. The van der Waals surface area contributed by atoms with E-state index in [1.807, 2.05) is 0 Å². The SMILES string of the molecule is CC(=O)Nc1cccc(NC(=O)C2(C(=O)NC3CCCCC3)CC2)c1. The van der Waals surface area contributed by atoms with Crippen LogP contribution in [0.1, 0.15) is 51.9 Å². The number of carbonyl (C=O) groups excluding carboxylic acids is 3. The van der Waals surface area contributed by atoms with E-state index in [4.69, 9.17) is 0 Å². The van der Waals surface area contributed by atoms with E-state index >= 15 is 0 Å². The maximum absolute atomic E-state index is 12.7. The van der Waals surface area contributed by atoms with E-state index in [9.17, 15) is 14.4 Å². The summed E-state index contributed by atoms with van der Waals surface area (Å²) in [4.78, 5) is 36.4. The average Bonchev–Trinajstić information content (AvgIpc) is 3.37. The summed E-state index contributed by atoms with van der Waals surface area (Å²) in [6.45, 7) is 1.43. The summed E-state index contributed by atoms with van der Waals surface area (Å²) in [6.07, 6.45) is 6.68. The Bertz CT molecular complexity index is 676. The Hall–Kier alpha value is -2.37. The first-order chi connectivity index (χ1) is 12.0. The number of rotatable bonds is 5. The van der Waals surface area contributed by atoms with Gasteiger partial charge < -0.3 is 16.0 Å². The highest BCUT2D eigenvalue weighted by molar-refractivity contribution is 6.13. The van der Waals surface area contributed by atoms with Crippen molar-refractivity contribution in [3.8, 4) is 0 Å². The van der Waals surface area contributed by atoms with Crippen molar-refractivity contribution in [1.82, 2.24) is 5.32 Å². The third kappa shape index (κ3) is 4.18. The molecule has 25 heavy (non-hydrogen) atoms. The molecule has 3 rings (SSSR count). The predicted octanol–water partition coefficient (Wildman–Crippen LogP) is 2.81. The van der Waals surface area contributed by atoms with Crippen molar-refractivity contribution in [3.05, 3.63) is 24.3 Å². The Morgan fingerprint density at radius 3 is 2.20 bits per heavy atom. The molecule has 2 fully saturated rings. The fraction of sp³-hybridized carbons (Fsp3) is 0.526. The number of hydrogen-bond donors (Lipinski definition) is 3. The molecule has 0 bridgehead atoms. The molecule has 0 atom stereocenters. The Morgan fingerprint density at radius 2 is 1.60 bits per heavy atom. The quantitative estimate of drug-likeness (QED) is 0.719. The summed E-state index contributed by atoms with van der Waals surface area (Å²) in [6, 6.07) is 7.14. The van der Waals surface area contributed by atoms with Gasteiger partial charge in [-0.25, -0.2) is 0 Å². The third-order valence-corrected chi connectivity index (χ3v) is 5.00. The Balaban J connectivity index is 1.62. The van der Waals surface area contributed by atoms with Crippen LogP contribution in [0.25, 0.3) is 0 Å². The minimum absolute atomic E-state index is 0.144. The van der Waals surface area contributed by atoms with Gasteiger partial charge in [0.2, 0.25) is 17.7 Å². The van der Waals surface area contributed by atoms with Crippen molar-refractivity contribution in [2.24, 2.45) is 5.41 Å². The molecule has 0 aromatic heterocycles. The molecule has 0 saturated heterocycles. The second kappa shape index (κ2) is 7.25. The van der Waals surface area contributed by atoms with Gasteiger partial charge in [0.25, 0.3) is 0 Å². The predicted molar refractivity (Wildman–Crippen MR) is 96.1 cm³/mol. The molecular formula is C19H25N3O3. The molecule has 6 nitrogen and oxygen atoms in total. The fourth-order valence-electron chi connectivity index (χ4n) is 3.38. The lowest BCUT2D eigenvalue weighted by Gasteiger charge is -2.25. The van der Waals surface area contributed by atoms with Crippen LogP contribution in [0.15, 0.2) is 24.3 Å². The van der Waals surface area contributed by atoms with Crippen LogP contribution in [-0.4, -0.2) is 23.8 Å². The van der Waals surface area contributed by atoms with Gasteiger partial charge in [0.05, 0.1) is 0 Å². The summed E-state index contributed by atoms with van der Waals surface area (Å²) in [7, 11) is 0. The Labute approximate surface area is 147 Å². The van der Waals surface area contributed by atoms with Crippen molar-refractivity contribution in [3.63, 3.8) is 0 Å². The van der Waals surface area contributed by atoms with Crippen molar-refractivity contribution in [2.45, 2.75) is 57.9 Å². The molecule has 0 radical (unpaired) electrons. The van der Waals surface area contributed by atoms with E-state index in [2.05, 4.69) is 16.0 Å². The Kier molecular flexibility index (Phi) is 5.06. The van der Waals surface area contributed by atoms with Crippen molar-refractivity contribution >= 4 is 29.1 Å². The number of carbonyl (C=O) groups is 3. The molecule has 2 aliphatic rings. The van der Waals surface area contributed by atoms with E-state index in [-0.39, 0.29) is 23.8 Å². The van der Waals surface area contributed by atoms with Crippen molar-refractivity contribution in [1.29, 1.82) is 0 Å². The molecule has 2 saturated carbocycles. The molecule has 3 amide bonds. The third-order valence-electron chi connectivity index (χ3n) is 5.00. The average molecular weight is 343 g/mol. The molecule has 0 aliphatic heterocycles. The molecule has 6 heteroatoms. The van der Waals surface area contributed by atoms with Crippen LogP contribution in [0.3, 0.4) is 0 Å². The highest BCUT2D eigenvalue weighted by Crippen LogP contribution is 2.47. The number of hydrogen-bond acceptors (Lipinski definition) is 3. The number of benzene rings is 1. The highest BCUT2D eigenvalue weighted by Gasteiger charge is 2.56. The largest absolute Gasteiger partial charge is 0.352 e. The molecule has 1 aromatic carbocycles. The first-order valence-electron chi connectivity index (χ1n) is 9.00. The molecule has 3 N–H and O–H groups in total. The van der Waals surface area contributed by atoms with Gasteiger partial charge in [0.15, 0.2) is 0 Å². The molecule has 1 aromatic rings. The lowest BCUT2D eigenvalue weighted by atomic mass is 9.94. The number of amides is 3. The van der Waals surface area contributed by atoms with Gasteiger partial charge in [0.1, 0.15) is 5.41 Å². The topological polar surface area (TPSA) is 87.3 Å². The monoisotopic (exact) mass is 343 g/mol. The van der Waals surface area contributed by atoms with Gasteiger partial charge in [-0.15, -0.1) is 0 Å². The smallest absolute Gasteiger partial charge is 0.240 e. The maximum atomic E-state index is 12.7. The molecule has 0 spiro atoms. The van der Waals surface area contributed by atoms with Crippen LogP contribution in [-0.2, 0) is 14.4 Å². The van der Waals surface area contributed by atoms with Gasteiger partial charge >= 0.3 is 0 Å². The van der Waals surface area contributed by atoms with Crippen LogP contribution >= 0.6 is 0 Å². The second-order valence-electron chi connectivity index (χ2n) is 7.11. The molecule has 2 aliphatic carbocycles. The minimum atomic E-state index is -0.929. The van der Waals surface area contributed by atoms with E-state index in [1.54, 1.807) is 24.3 Å². The van der Waals surface area contributed by atoms with Gasteiger partial charge in [-0.2, -0.15) is 0 Å². The number of anilines is 2. The van der Waals surface area contributed by atoms with Gasteiger partial charge in [0, 0.05) is 24.3 Å². The Morgan fingerprint density at radius 1 is 0.960 bits per heavy atom. The second-order valence-corrected chi connectivity index (χ2v) is 7.11. The molecule has 0 unspecified atom stereocenters.